The van der Waals surface area contributed by atoms with Gasteiger partial charge < -0.3 is 19.5 Å². The molecule has 4 rings (SSSR count). The Hall–Kier alpha value is -2.96. The highest BCUT2D eigenvalue weighted by Crippen LogP contribution is 2.48. The molecule has 1 aliphatic heterocycles. The van der Waals surface area contributed by atoms with Crippen LogP contribution in [0.4, 0.5) is 0 Å². The van der Waals surface area contributed by atoms with Crippen LogP contribution < -0.4 is 14.8 Å². The second kappa shape index (κ2) is 10.3. The SMILES string of the molecule is CCOC(=O)C1=C(C)NC2=C(C(=O)C[C@H](c3ccc(OC)c(OC)c3)C2)[C@@H]1c1cccc(Cl)c1Cl. The number of allylic oxidation sites excluding steroid dienone is 3. The Morgan fingerprint density at radius 2 is 1.83 bits per heavy atom. The summed E-state index contributed by atoms with van der Waals surface area (Å²) in [6.07, 6.45) is 0.860. The van der Waals surface area contributed by atoms with E-state index < -0.39 is 11.9 Å². The maximum Gasteiger partial charge on any atom is 0.336 e. The molecule has 0 amide bonds. The van der Waals surface area contributed by atoms with Crippen molar-refractivity contribution in [1.29, 1.82) is 0 Å². The van der Waals surface area contributed by atoms with Gasteiger partial charge in [-0.25, -0.2) is 4.79 Å². The van der Waals surface area contributed by atoms with Crippen molar-refractivity contribution in [2.75, 3.05) is 20.8 Å². The Kier molecular flexibility index (Phi) is 7.43. The molecule has 0 saturated heterocycles. The summed E-state index contributed by atoms with van der Waals surface area (Å²) in [6.45, 7) is 3.77. The topological polar surface area (TPSA) is 73.9 Å². The van der Waals surface area contributed by atoms with Gasteiger partial charge in [-0.2, -0.15) is 0 Å². The van der Waals surface area contributed by atoms with Crippen molar-refractivity contribution in [1.82, 2.24) is 5.32 Å². The molecule has 184 valence electrons. The minimum atomic E-state index is -0.671. The predicted molar refractivity (Wildman–Crippen MR) is 135 cm³/mol. The van der Waals surface area contributed by atoms with Crippen LogP contribution in [-0.2, 0) is 14.3 Å². The first kappa shape index (κ1) is 25.1. The lowest BCUT2D eigenvalue weighted by molar-refractivity contribution is -0.138. The molecule has 0 radical (unpaired) electrons. The molecule has 8 heteroatoms. The van der Waals surface area contributed by atoms with Crippen LogP contribution in [0, 0.1) is 0 Å². The molecule has 2 aromatic rings. The van der Waals surface area contributed by atoms with Crippen molar-refractivity contribution in [3.05, 3.63) is 80.1 Å². The number of Topliss-reactive ketones (excluding diaryl/α,β-unsaturated/α-hetero) is 1. The van der Waals surface area contributed by atoms with E-state index in [-0.39, 0.29) is 24.7 Å². The van der Waals surface area contributed by atoms with E-state index in [0.717, 1.165) is 11.3 Å². The molecule has 0 fully saturated rings. The lowest BCUT2D eigenvalue weighted by Gasteiger charge is -2.37. The lowest BCUT2D eigenvalue weighted by Crippen LogP contribution is -2.36. The zero-order valence-corrected chi connectivity index (χ0v) is 21.5. The van der Waals surface area contributed by atoms with E-state index in [1.54, 1.807) is 39.3 Å². The second-order valence-corrected chi connectivity index (χ2v) is 9.28. The van der Waals surface area contributed by atoms with Crippen molar-refractivity contribution in [3.8, 4) is 11.5 Å². The fraction of sp³-hybridized carbons (Fsp3) is 0.333. The van der Waals surface area contributed by atoms with Gasteiger partial charge in [-0.05, 0) is 55.5 Å². The molecule has 2 atom stereocenters. The molecular weight excluding hydrogens is 489 g/mol. The number of methoxy groups -OCH3 is 2. The third kappa shape index (κ3) is 4.65. The van der Waals surface area contributed by atoms with Gasteiger partial charge in [0.05, 0.1) is 36.4 Å². The van der Waals surface area contributed by atoms with Gasteiger partial charge in [0.25, 0.3) is 0 Å². The fourth-order valence-corrected chi connectivity index (χ4v) is 5.33. The molecule has 1 N–H and O–H groups in total. The summed E-state index contributed by atoms with van der Waals surface area (Å²) in [6, 6.07) is 10.9. The molecule has 1 heterocycles. The van der Waals surface area contributed by atoms with Crippen molar-refractivity contribution in [2.24, 2.45) is 0 Å². The predicted octanol–water partition coefficient (Wildman–Crippen LogP) is 5.94. The molecule has 0 bridgehead atoms. The maximum atomic E-state index is 13.7. The van der Waals surface area contributed by atoms with Gasteiger partial charge in [-0.15, -0.1) is 0 Å². The molecule has 2 aromatic carbocycles. The zero-order chi connectivity index (χ0) is 25.3. The van der Waals surface area contributed by atoms with Crippen LogP contribution >= 0.6 is 23.2 Å². The summed E-state index contributed by atoms with van der Waals surface area (Å²) in [5.74, 6) is -0.0502. The first-order valence-electron chi connectivity index (χ1n) is 11.4. The summed E-state index contributed by atoms with van der Waals surface area (Å²) in [4.78, 5) is 26.7. The largest absolute Gasteiger partial charge is 0.493 e. The van der Waals surface area contributed by atoms with E-state index in [1.165, 1.54) is 0 Å². The van der Waals surface area contributed by atoms with Gasteiger partial charge >= 0.3 is 5.97 Å². The summed E-state index contributed by atoms with van der Waals surface area (Å²) >= 11 is 12.9. The van der Waals surface area contributed by atoms with Gasteiger partial charge in [0.15, 0.2) is 17.3 Å². The standard InChI is InChI=1S/C27H27Cl2NO5/c1-5-35-27(32)23-14(2)30-19-11-16(15-9-10-21(33-3)22(13-15)34-4)12-20(31)25(19)24(23)17-7-6-8-18(28)26(17)29/h6-10,13,16,24,30H,5,11-12H2,1-4H3/t16-,24-/m1/s1. The Labute approximate surface area is 214 Å². The Balaban J connectivity index is 1.81. The quantitative estimate of drug-likeness (QED) is 0.480. The molecule has 1 aliphatic carbocycles. The van der Waals surface area contributed by atoms with Gasteiger partial charge in [0.2, 0.25) is 0 Å². The number of benzene rings is 2. The number of hydrogen-bond donors (Lipinski definition) is 1. The normalized spacial score (nSPS) is 19.8. The number of dihydropyridines is 1. The average molecular weight is 516 g/mol. The van der Waals surface area contributed by atoms with E-state index >= 15 is 0 Å². The first-order chi connectivity index (χ1) is 16.8. The van der Waals surface area contributed by atoms with Gasteiger partial charge in [0, 0.05) is 29.3 Å². The number of nitrogens with one attached hydrogen (secondary N) is 1. The number of hydrogen-bond acceptors (Lipinski definition) is 6. The number of halogens is 2. The number of esters is 1. The Bertz CT molecular complexity index is 1250. The van der Waals surface area contributed by atoms with Crippen LogP contribution in [0.15, 0.2) is 58.9 Å². The molecule has 6 nitrogen and oxygen atoms in total. The Morgan fingerprint density at radius 1 is 1.09 bits per heavy atom. The van der Waals surface area contributed by atoms with E-state index in [9.17, 15) is 9.59 Å². The minimum absolute atomic E-state index is 0.0612. The van der Waals surface area contributed by atoms with Crippen molar-refractivity contribution < 1.29 is 23.8 Å². The average Bonchev–Trinajstić information content (AvgIpc) is 2.84. The zero-order valence-electron chi connectivity index (χ0n) is 20.0. The fourth-order valence-electron chi connectivity index (χ4n) is 4.92. The van der Waals surface area contributed by atoms with Crippen LogP contribution in [0.5, 0.6) is 11.5 Å². The van der Waals surface area contributed by atoms with Crippen LogP contribution in [0.3, 0.4) is 0 Å². The van der Waals surface area contributed by atoms with Crippen LogP contribution in [0.2, 0.25) is 10.0 Å². The molecule has 0 aromatic heterocycles. The summed E-state index contributed by atoms with van der Waals surface area (Å²) in [7, 11) is 3.17. The summed E-state index contributed by atoms with van der Waals surface area (Å²) in [5.41, 5.74) is 3.87. The van der Waals surface area contributed by atoms with E-state index in [1.807, 2.05) is 25.1 Å². The molecular formula is C27H27Cl2NO5. The first-order valence-corrected chi connectivity index (χ1v) is 12.1. The highest BCUT2D eigenvalue weighted by Gasteiger charge is 2.42. The number of carbonyl (C=O) groups excluding carboxylic acids is 2. The number of carbonyl (C=O) groups is 2. The smallest absolute Gasteiger partial charge is 0.336 e. The highest BCUT2D eigenvalue weighted by molar-refractivity contribution is 6.42. The third-order valence-corrected chi connectivity index (χ3v) is 7.33. The third-order valence-electron chi connectivity index (χ3n) is 6.49. The van der Waals surface area contributed by atoms with E-state index in [2.05, 4.69) is 5.32 Å². The van der Waals surface area contributed by atoms with E-state index in [0.29, 0.717) is 50.4 Å². The van der Waals surface area contributed by atoms with Gasteiger partial charge in [0.1, 0.15) is 0 Å². The monoisotopic (exact) mass is 515 g/mol. The molecule has 35 heavy (non-hydrogen) atoms. The van der Waals surface area contributed by atoms with Crippen molar-refractivity contribution >= 4 is 35.0 Å². The molecule has 0 unspecified atom stereocenters. The maximum absolute atomic E-state index is 13.7. The number of rotatable bonds is 6. The highest BCUT2D eigenvalue weighted by atomic mass is 35.5. The van der Waals surface area contributed by atoms with Crippen LogP contribution in [0.25, 0.3) is 0 Å². The van der Waals surface area contributed by atoms with Gasteiger partial charge in [-0.3, -0.25) is 4.79 Å². The van der Waals surface area contributed by atoms with Crippen molar-refractivity contribution in [2.45, 2.75) is 38.5 Å². The van der Waals surface area contributed by atoms with E-state index in [4.69, 9.17) is 37.4 Å². The summed E-state index contributed by atoms with van der Waals surface area (Å²) < 4.78 is 16.2. The molecule has 0 saturated carbocycles. The summed E-state index contributed by atoms with van der Waals surface area (Å²) in [5, 5.41) is 4.00. The minimum Gasteiger partial charge on any atom is -0.493 e. The van der Waals surface area contributed by atoms with Gasteiger partial charge in [-0.1, -0.05) is 41.4 Å². The van der Waals surface area contributed by atoms with Crippen molar-refractivity contribution in [3.63, 3.8) is 0 Å². The number of ketones is 1. The second-order valence-electron chi connectivity index (χ2n) is 8.50. The van der Waals surface area contributed by atoms with Crippen LogP contribution in [-0.4, -0.2) is 32.6 Å². The Morgan fingerprint density at radius 3 is 2.51 bits per heavy atom. The molecule has 0 spiro atoms. The number of ether oxygens (including phenoxy) is 3. The molecule has 2 aliphatic rings. The van der Waals surface area contributed by atoms with Crippen LogP contribution in [0.1, 0.15) is 49.7 Å². The lowest BCUT2D eigenvalue weighted by atomic mass is 9.71.